The predicted octanol–water partition coefficient (Wildman–Crippen LogP) is 3.60. The van der Waals surface area contributed by atoms with Crippen LogP contribution in [0.25, 0.3) is 10.9 Å². The number of aromatic nitrogens is 2. The van der Waals surface area contributed by atoms with E-state index in [9.17, 15) is 24.0 Å². The Morgan fingerprint density at radius 2 is 1.86 bits per heavy atom. The Bertz CT molecular complexity index is 1550. The molecule has 0 bridgehead atoms. The average Bonchev–Trinajstić information content (AvgIpc) is 3.39. The van der Waals surface area contributed by atoms with Crippen molar-refractivity contribution in [1.29, 1.82) is 0 Å². The van der Waals surface area contributed by atoms with Crippen LogP contribution in [0.2, 0.25) is 0 Å². The molecule has 1 aromatic carbocycles. The number of esters is 1. The second-order valence-electron chi connectivity index (χ2n) is 10.9. The first-order chi connectivity index (χ1) is 21.0. The molecule has 2 heterocycles. The van der Waals surface area contributed by atoms with Crippen molar-refractivity contribution >= 4 is 40.5 Å². The van der Waals surface area contributed by atoms with E-state index in [0.717, 1.165) is 23.0 Å². The van der Waals surface area contributed by atoms with Crippen LogP contribution in [-0.4, -0.2) is 71.7 Å². The number of ether oxygens (including phenoxy) is 2. The molecule has 0 aliphatic heterocycles. The standard InChI is InChI=1S/C32H41N5O7/c1-6-43-28(39)20-44-32(42)35-25(13-7-8-15-27(38)36(4)5)30(40)34-26-14-10-16-37(31(26)41)19-24-18-23-12-9-11-22(17-21(2)3)29(23)33-24/h8-12,14-16,18,21,25,33H,6-7,13,17,19-20H2,1-5H3,(H,34,40)(H,35,42)/b15-8+/t25-/m0/s1. The molecule has 0 spiro atoms. The molecule has 236 valence electrons. The number of rotatable bonds is 14. The van der Waals surface area contributed by atoms with Crippen molar-refractivity contribution in [2.75, 3.05) is 32.6 Å². The van der Waals surface area contributed by atoms with E-state index in [1.807, 2.05) is 18.2 Å². The molecule has 0 unspecified atom stereocenters. The third-order valence-electron chi connectivity index (χ3n) is 6.60. The molecule has 0 aliphatic rings. The number of amides is 3. The molecule has 0 saturated carbocycles. The molecular formula is C32H41N5O7. The molecule has 44 heavy (non-hydrogen) atoms. The van der Waals surface area contributed by atoms with Gasteiger partial charge in [0.15, 0.2) is 6.61 Å². The average molecular weight is 608 g/mol. The van der Waals surface area contributed by atoms with Crippen LogP contribution in [0.1, 0.15) is 44.9 Å². The fourth-order valence-electron chi connectivity index (χ4n) is 4.51. The molecule has 3 rings (SSSR count). The predicted molar refractivity (Wildman–Crippen MR) is 167 cm³/mol. The molecule has 0 saturated heterocycles. The van der Waals surface area contributed by atoms with E-state index >= 15 is 0 Å². The van der Waals surface area contributed by atoms with Crippen LogP contribution in [0.5, 0.6) is 0 Å². The molecule has 0 aliphatic carbocycles. The van der Waals surface area contributed by atoms with Crippen LogP contribution in [0.3, 0.4) is 0 Å². The summed E-state index contributed by atoms with van der Waals surface area (Å²) in [6.45, 7) is 5.70. The summed E-state index contributed by atoms with van der Waals surface area (Å²) in [5, 5.41) is 6.09. The maximum atomic E-state index is 13.3. The van der Waals surface area contributed by atoms with Crippen LogP contribution in [0.4, 0.5) is 10.5 Å². The van der Waals surface area contributed by atoms with Crippen LogP contribution in [0, 0.1) is 5.92 Å². The summed E-state index contributed by atoms with van der Waals surface area (Å²) in [6, 6.07) is 10.1. The number of hydrogen-bond donors (Lipinski definition) is 3. The van der Waals surface area contributed by atoms with Crippen molar-refractivity contribution in [3.05, 3.63) is 76.4 Å². The van der Waals surface area contributed by atoms with Gasteiger partial charge in [-0.15, -0.1) is 0 Å². The smallest absolute Gasteiger partial charge is 0.408 e. The lowest BCUT2D eigenvalue weighted by molar-refractivity contribution is -0.146. The number of hydrogen-bond acceptors (Lipinski definition) is 7. The van der Waals surface area contributed by atoms with Gasteiger partial charge in [-0.05, 0) is 67.3 Å². The summed E-state index contributed by atoms with van der Waals surface area (Å²) in [7, 11) is 3.22. The van der Waals surface area contributed by atoms with Gasteiger partial charge in [-0.1, -0.05) is 38.1 Å². The summed E-state index contributed by atoms with van der Waals surface area (Å²) in [6.07, 6.45) is 4.84. The topological polar surface area (TPSA) is 152 Å². The highest BCUT2D eigenvalue weighted by Gasteiger charge is 2.23. The summed E-state index contributed by atoms with van der Waals surface area (Å²) in [5.41, 5.74) is 2.68. The monoisotopic (exact) mass is 607 g/mol. The van der Waals surface area contributed by atoms with E-state index in [0.29, 0.717) is 5.92 Å². The number of para-hydroxylation sites is 1. The number of anilines is 1. The Morgan fingerprint density at radius 3 is 2.57 bits per heavy atom. The molecule has 1 atom stereocenters. The maximum absolute atomic E-state index is 13.3. The third kappa shape index (κ3) is 9.85. The van der Waals surface area contributed by atoms with Gasteiger partial charge in [0, 0.05) is 31.5 Å². The lowest BCUT2D eigenvalue weighted by Gasteiger charge is -2.18. The Labute approximate surface area is 256 Å². The summed E-state index contributed by atoms with van der Waals surface area (Å²) >= 11 is 0. The highest BCUT2D eigenvalue weighted by molar-refractivity contribution is 5.96. The Balaban J connectivity index is 1.75. The van der Waals surface area contributed by atoms with E-state index in [4.69, 9.17) is 9.47 Å². The van der Waals surface area contributed by atoms with Crippen LogP contribution >= 0.6 is 0 Å². The van der Waals surface area contributed by atoms with Gasteiger partial charge in [0.25, 0.3) is 5.56 Å². The molecule has 2 aromatic heterocycles. The summed E-state index contributed by atoms with van der Waals surface area (Å²) in [4.78, 5) is 67.2. The lowest BCUT2D eigenvalue weighted by Crippen LogP contribution is -2.45. The molecule has 12 heteroatoms. The number of allylic oxidation sites excluding steroid dienone is 1. The Morgan fingerprint density at radius 1 is 1.09 bits per heavy atom. The molecule has 0 radical (unpaired) electrons. The van der Waals surface area contributed by atoms with E-state index in [1.54, 1.807) is 39.4 Å². The highest BCUT2D eigenvalue weighted by Crippen LogP contribution is 2.22. The first-order valence-electron chi connectivity index (χ1n) is 14.5. The molecule has 3 N–H and O–H groups in total. The van der Waals surface area contributed by atoms with Gasteiger partial charge in [0.05, 0.1) is 13.2 Å². The third-order valence-corrected chi connectivity index (χ3v) is 6.60. The van der Waals surface area contributed by atoms with Crippen molar-refractivity contribution < 1.29 is 28.7 Å². The minimum absolute atomic E-state index is 0.0270. The Kier molecular flexibility index (Phi) is 12.3. The first kappa shape index (κ1) is 33.6. The van der Waals surface area contributed by atoms with Crippen molar-refractivity contribution in [2.24, 2.45) is 5.92 Å². The van der Waals surface area contributed by atoms with Crippen LogP contribution in [0.15, 0.2) is 59.5 Å². The normalized spacial score (nSPS) is 11.9. The van der Waals surface area contributed by atoms with Crippen molar-refractivity contribution in [1.82, 2.24) is 19.8 Å². The van der Waals surface area contributed by atoms with Crippen molar-refractivity contribution in [2.45, 2.75) is 52.6 Å². The van der Waals surface area contributed by atoms with E-state index in [1.165, 1.54) is 27.2 Å². The minimum Gasteiger partial charge on any atom is -0.463 e. The number of benzene rings is 1. The second-order valence-corrected chi connectivity index (χ2v) is 10.9. The largest absolute Gasteiger partial charge is 0.463 e. The zero-order chi connectivity index (χ0) is 32.2. The van der Waals surface area contributed by atoms with Gasteiger partial charge in [0.1, 0.15) is 11.7 Å². The first-order valence-corrected chi connectivity index (χ1v) is 14.5. The summed E-state index contributed by atoms with van der Waals surface area (Å²) in [5.74, 6) is -1.14. The van der Waals surface area contributed by atoms with Gasteiger partial charge in [-0.2, -0.15) is 0 Å². The number of H-pyrrole nitrogens is 1. The van der Waals surface area contributed by atoms with Gasteiger partial charge < -0.3 is 34.6 Å². The second kappa shape index (κ2) is 16.1. The number of carbonyl (C=O) groups excluding carboxylic acids is 4. The number of nitrogens with zero attached hydrogens (tertiary/aromatic N) is 2. The van der Waals surface area contributed by atoms with Crippen LogP contribution in [-0.2, 0) is 36.8 Å². The number of carbonyl (C=O) groups is 4. The number of nitrogens with one attached hydrogen (secondary N) is 3. The molecular weight excluding hydrogens is 566 g/mol. The quantitative estimate of drug-likeness (QED) is 0.187. The fraction of sp³-hybridized carbons (Fsp3) is 0.406. The highest BCUT2D eigenvalue weighted by atomic mass is 16.6. The minimum atomic E-state index is -1.13. The number of likely N-dealkylation sites (N-methyl/N-ethyl adjacent to an activating group) is 1. The number of alkyl carbamates (subject to hydrolysis) is 1. The van der Waals surface area contributed by atoms with Gasteiger partial charge in [0.2, 0.25) is 11.8 Å². The van der Waals surface area contributed by atoms with Gasteiger partial charge in [-0.25, -0.2) is 9.59 Å². The number of fused-ring (bicyclic) bond motifs is 1. The zero-order valence-electron chi connectivity index (χ0n) is 25.8. The van der Waals surface area contributed by atoms with E-state index in [-0.39, 0.29) is 37.6 Å². The van der Waals surface area contributed by atoms with Crippen molar-refractivity contribution in [3.8, 4) is 0 Å². The van der Waals surface area contributed by atoms with Crippen LogP contribution < -0.4 is 16.2 Å². The van der Waals surface area contributed by atoms with Gasteiger partial charge in [-0.3, -0.25) is 14.4 Å². The number of aromatic amines is 1. The molecule has 0 fully saturated rings. The molecule has 12 nitrogen and oxygen atoms in total. The fourth-order valence-corrected chi connectivity index (χ4v) is 4.51. The number of pyridine rings is 1. The molecule has 3 aromatic rings. The van der Waals surface area contributed by atoms with E-state index < -0.39 is 36.2 Å². The van der Waals surface area contributed by atoms with E-state index in [2.05, 4.69) is 35.5 Å². The van der Waals surface area contributed by atoms with Crippen molar-refractivity contribution in [3.63, 3.8) is 0 Å². The zero-order valence-corrected chi connectivity index (χ0v) is 25.8. The van der Waals surface area contributed by atoms with Gasteiger partial charge >= 0.3 is 12.1 Å². The molecule has 3 amide bonds. The summed E-state index contributed by atoms with van der Waals surface area (Å²) < 4.78 is 11.1. The lowest BCUT2D eigenvalue weighted by atomic mass is 10.0. The Hall–Kier alpha value is -4.87. The SMILES string of the molecule is CCOC(=O)COC(=O)N[C@@H](CC/C=C/C(=O)N(C)C)C(=O)Nc1cccn(Cc2cc3cccc(CC(C)C)c3[nH]2)c1=O. The maximum Gasteiger partial charge on any atom is 0.408 e.